The normalized spacial score (nSPS) is 10.7. The Kier molecular flexibility index (Phi) is 3.15. The fraction of sp³-hybridized carbons (Fsp3) is 0.273. The van der Waals surface area contributed by atoms with E-state index in [4.69, 9.17) is 5.73 Å². The van der Waals surface area contributed by atoms with Crippen LogP contribution in [0, 0.1) is 23.1 Å². The number of anilines is 1. The van der Waals surface area contributed by atoms with Gasteiger partial charge < -0.3 is 5.73 Å². The van der Waals surface area contributed by atoms with Crippen LogP contribution in [0.1, 0.15) is 5.56 Å². The molecule has 0 aliphatic heterocycles. The summed E-state index contributed by atoms with van der Waals surface area (Å²) in [5.74, 6) is 0.688. The lowest BCUT2D eigenvalue weighted by atomic mass is 10.2. The number of hydrogen-bond donors (Lipinski definition) is 1. The number of benzene rings is 1. The molecule has 0 unspecified atom stereocenters. The van der Waals surface area contributed by atoms with Gasteiger partial charge in [0.15, 0.2) is 11.6 Å². The molecule has 0 aliphatic rings. The molecule has 1 aromatic carbocycles. The highest BCUT2D eigenvalue weighted by Gasteiger charge is 2.11. The molecule has 0 heterocycles. The van der Waals surface area contributed by atoms with Gasteiger partial charge >= 0.3 is 0 Å². The molecule has 1 rings (SSSR count). The second-order valence-corrected chi connectivity index (χ2v) is 9.08. The van der Waals surface area contributed by atoms with E-state index in [0.29, 0.717) is 0 Å². The van der Waals surface area contributed by atoms with Crippen LogP contribution in [-0.4, -0.2) is 8.07 Å². The standard InChI is InChI=1S/C11H13F2NSi/c1-15(2,3)7-6-8-4-5-9(14)11(13)10(8)12/h4-5H,14H2,1-3H3. The second-order valence-electron chi connectivity index (χ2n) is 4.33. The maximum absolute atomic E-state index is 13.3. The summed E-state index contributed by atoms with van der Waals surface area (Å²) in [5, 5.41) is 0. The molecule has 0 aromatic heterocycles. The van der Waals surface area contributed by atoms with Crippen LogP contribution in [0.25, 0.3) is 0 Å². The summed E-state index contributed by atoms with van der Waals surface area (Å²) in [7, 11) is -1.58. The van der Waals surface area contributed by atoms with E-state index < -0.39 is 19.7 Å². The quantitative estimate of drug-likeness (QED) is 0.410. The van der Waals surface area contributed by atoms with Crippen molar-refractivity contribution < 1.29 is 8.78 Å². The first-order valence-corrected chi connectivity index (χ1v) is 8.08. The van der Waals surface area contributed by atoms with E-state index in [-0.39, 0.29) is 11.3 Å². The fourth-order valence-corrected chi connectivity index (χ4v) is 1.43. The van der Waals surface area contributed by atoms with Gasteiger partial charge in [-0.05, 0) is 12.1 Å². The lowest BCUT2D eigenvalue weighted by molar-refractivity contribution is 0.510. The Morgan fingerprint density at radius 3 is 2.27 bits per heavy atom. The molecule has 2 N–H and O–H groups in total. The van der Waals surface area contributed by atoms with Crippen molar-refractivity contribution in [2.75, 3.05) is 5.73 Å². The van der Waals surface area contributed by atoms with Crippen LogP contribution in [0.2, 0.25) is 19.6 Å². The SMILES string of the molecule is C[Si](C)(C)C#Cc1ccc(N)c(F)c1F. The van der Waals surface area contributed by atoms with Crippen LogP contribution >= 0.6 is 0 Å². The van der Waals surface area contributed by atoms with E-state index >= 15 is 0 Å². The van der Waals surface area contributed by atoms with Gasteiger partial charge in [-0.15, -0.1) is 5.54 Å². The third kappa shape index (κ3) is 3.06. The summed E-state index contributed by atoms with van der Waals surface area (Å²) < 4.78 is 26.4. The Morgan fingerprint density at radius 1 is 1.13 bits per heavy atom. The van der Waals surface area contributed by atoms with Crippen molar-refractivity contribution in [2.24, 2.45) is 0 Å². The van der Waals surface area contributed by atoms with Gasteiger partial charge in [-0.3, -0.25) is 0 Å². The van der Waals surface area contributed by atoms with Crippen LogP contribution in [-0.2, 0) is 0 Å². The van der Waals surface area contributed by atoms with Crippen LogP contribution in [0.4, 0.5) is 14.5 Å². The van der Waals surface area contributed by atoms with E-state index in [1.807, 2.05) is 19.6 Å². The Bertz CT molecular complexity index is 438. The third-order valence-corrected chi connectivity index (χ3v) is 2.56. The molecule has 0 saturated heterocycles. The Labute approximate surface area is 89.3 Å². The molecule has 1 nitrogen and oxygen atoms in total. The molecular weight excluding hydrogens is 212 g/mol. The molecule has 0 bridgehead atoms. The lowest BCUT2D eigenvalue weighted by Gasteiger charge is -2.04. The third-order valence-electron chi connectivity index (χ3n) is 1.68. The minimum atomic E-state index is -1.58. The molecular formula is C11H13F2NSi. The van der Waals surface area contributed by atoms with Gasteiger partial charge in [0, 0.05) is 0 Å². The van der Waals surface area contributed by atoms with Crippen molar-refractivity contribution in [2.45, 2.75) is 19.6 Å². The van der Waals surface area contributed by atoms with E-state index in [2.05, 4.69) is 11.5 Å². The molecule has 0 spiro atoms. The molecule has 1 aromatic rings. The van der Waals surface area contributed by atoms with Gasteiger partial charge in [0.2, 0.25) is 0 Å². The summed E-state index contributed by atoms with van der Waals surface area (Å²) in [5.41, 5.74) is 8.07. The minimum absolute atomic E-state index is 0.0733. The Balaban J connectivity index is 3.17. The first-order valence-electron chi connectivity index (χ1n) is 4.58. The van der Waals surface area contributed by atoms with Gasteiger partial charge in [0.1, 0.15) is 8.07 Å². The lowest BCUT2D eigenvalue weighted by Crippen LogP contribution is -2.16. The van der Waals surface area contributed by atoms with E-state index in [1.165, 1.54) is 12.1 Å². The Morgan fingerprint density at radius 2 is 1.73 bits per heavy atom. The van der Waals surface area contributed by atoms with Gasteiger partial charge in [-0.25, -0.2) is 8.78 Å². The van der Waals surface area contributed by atoms with E-state index in [9.17, 15) is 8.78 Å². The molecule has 0 aliphatic carbocycles. The van der Waals surface area contributed by atoms with Crippen molar-refractivity contribution in [1.29, 1.82) is 0 Å². The zero-order valence-corrected chi connectivity index (χ0v) is 9.99. The van der Waals surface area contributed by atoms with Crippen molar-refractivity contribution >= 4 is 13.8 Å². The first-order chi connectivity index (χ1) is 6.81. The highest BCUT2D eigenvalue weighted by Crippen LogP contribution is 2.17. The molecule has 0 amide bonds. The maximum atomic E-state index is 13.3. The van der Waals surface area contributed by atoms with Crippen molar-refractivity contribution in [1.82, 2.24) is 0 Å². The summed E-state index contributed by atoms with van der Waals surface area (Å²) in [6.07, 6.45) is 0. The second kappa shape index (κ2) is 4.03. The number of rotatable bonds is 0. The van der Waals surface area contributed by atoms with Crippen LogP contribution in [0.3, 0.4) is 0 Å². The van der Waals surface area contributed by atoms with Gasteiger partial charge in [0.25, 0.3) is 0 Å². The monoisotopic (exact) mass is 225 g/mol. The molecule has 0 atom stereocenters. The molecule has 4 heteroatoms. The van der Waals surface area contributed by atoms with E-state index in [1.54, 1.807) is 0 Å². The average Bonchev–Trinajstić information content (AvgIpc) is 2.12. The number of halogens is 2. The van der Waals surface area contributed by atoms with Crippen LogP contribution in [0.5, 0.6) is 0 Å². The molecule has 0 radical (unpaired) electrons. The predicted octanol–water partition coefficient (Wildman–Crippen LogP) is 2.78. The summed E-state index contributed by atoms with van der Waals surface area (Å²) >= 11 is 0. The van der Waals surface area contributed by atoms with Gasteiger partial charge in [-0.1, -0.05) is 25.6 Å². The zero-order chi connectivity index (χ0) is 11.6. The molecule has 80 valence electrons. The largest absolute Gasteiger partial charge is 0.396 e. The van der Waals surface area contributed by atoms with Crippen molar-refractivity contribution in [3.8, 4) is 11.5 Å². The highest BCUT2D eigenvalue weighted by molar-refractivity contribution is 6.83. The molecule has 0 saturated carbocycles. The van der Waals surface area contributed by atoms with Crippen molar-refractivity contribution in [3.05, 3.63) is 29.3 Å². The predicted molar refractivity (Wildman–Crippen MR) is 61.0 cm³/mol. The Hall–Kier alpha value is -1.34. The van der Waals surface area contributed by atoms with Crippen molar-refractivity contribution in [3.63, 3.8) is 0 Å². The minimum Gasteiger partial charge on any atom is -0.396 e. The number of nitrogen functional groups attached to an aromatic ring is 1. The maximum Gasteiger partial charge on any atom is 0.182 e. The fourth-order valence-electron chi connectivity index (χ4n) is 0.916. The summed E-state index contributed by atoms with van der Waals surface area (Å²) in [6.45, 7) is 6.10. The number of nitrogens with two attached hydrogens (primary N) is 1. The highest BCUT2D eigenvalue weighted by atomic mass is 28.3. The topological polar surface area (TPSA) is 26.0 Å². The van der Waals surface area contributed by atoms with Gasteiger partial charge in [-0.2, -0.15) is 0 Å². The van der Waals surface area contributed by atoms with Gasteiger partial charge in [0.05, 0.1) is 11.3 Å². The molecule has 0 fully saturated rings. The summed E-state index contributed by atoms with van der Waals surface area (Å²) in [6, 6.07) is 2.73. The van der Waals surface area contributed by atoms with E-state index in [0.717, 1.165) is 0 Å². The smallest absolute Gasteiger partial charge is 0.182 e. The first kappa shape index (κ1) is 11.7. The average molecular weight is 225 g/mol. The van der Waals surface area contributed by atoms with Crippen LogP contribution < -0.4 is 5.73 Å². The zero-order valence-electron chi connectivity index (χ0n) is 8.99. The number of hydrogen-bond acceptors (Lipinski definition) is 1. The summed E-state index contributed by atoms with van der Waals surface area (Å²) in [4.78, 5) is 0. The molecule has 15 heavy (non-hydrogen) atoms. The van der Waals surface area contributed by atoms with Crippen LogP contribution in [0.15, 0.2) is 12.1 Å².